The molecule has 0 atom stereocenters. The molecule has 0 spiro atoms. The van der Waals surface area contributed by atoms with E-state index in [1.807, 2.05) is 6.07 Å². The molecule has 88 valence electrons. The van der Waals surface area contributed by atoms with Gasteiger partial charge >= 0.3 is 0 Å². The third-order valence-electron chi connectivity index (χ3n) is 2.58. The van der Waals surface area contributed by atoms with Crippen LogP contribution < -0.4 is 10.6 Å². The monoisotopic (exact) mass is 228 g/mol. The Bertz CT molecular complexity index is 465. The van der Waals surface area contributed by atoms with Crippen molar-refractivity contribution >= 4 is 11.4 Å². The molecule has 1 aromatic carbocycles. The quantitative estimate of drug-likeness (QED) is 0.802. The van der Waals surface area contributed by atoms with Crippen LogP contribution in [0, 0.1) is 22.7 Å². The fourth-order valence-electron chi connectivity index (χ4n) is 1.68. The fourth-order valence-corrected chi connectivity index (χ4v) is 1.68. The van der Waals surface area contributed by atoms with Crippen LogP contribution in [0.4, 0.5) is 11.4 Å². The summed E-state index contributed by atoms with van der Waals surface area (Å²) in [6.45, 7) is 4.77. The number of hydrogen-bond donors (Lipinski definition) is 1. The van der Waals surface area contributed by atoms with E-state index in [9.17, 15) is 0 Å². The second-order valence-corrected chi connectivity index (χ2v) is 4.08. The summed E-state index contributed by atoms with van der Waals surface area (Å²) in [4.78, 5) is 2.09. The van der Waals surface area contributed by atoms with Gasteiger partial charge in [0.05, 0.1) is 18.1 Å². The van der Waals surface area contributed by atoms with E-state index in [0.717, 1.165) is 5.69 Å². The highest BCUT2D eigenvalue weighted by Crippen LogP contribution is 2.22. The topological polar surface area (TPSA) is 76.8 Å². The number of nitrogens with two attached hydrogens (primary N) is 1. The van der Waals surface area contributed by atoms with Crippen molar-refractivity contribution in [3.8, 4) is 12.1 Å². The van der Waals surface area contributed by atoms with Crippen molar-refractivity contribution in [1.29, 1.82) is 10.5 Å². The summed E-state index contributed by atoms with van der Waals surface area (Å²) in [6, 6.07) is 9.86. The standard InChI is InChI=1S/C13H16N4/c1-10(2)17(7-3-6-14)12-4-5-13(16)11(8-12)9-15/h4-5,8,10H,3,7,16H2,1-2H3. The fraction of sp³-hybridized carbons (Fsp3) is 0.385. The highest BCUT2D eigenvalue weighted by molar-refractivity contribution is 5.63. The molecule has 1 rings (SSSR count). The zero-order valence-corrected chi connectivity index (χ0v) is 10.1. The zero-order valence-electron chi connectivity index (χ0n) is 10.1. The maximum Gasteiger partial charge on any atom is 0.101 e. The Hall–Kier alpha value is -2.20. The summed E-state index contributed by atoms with van der Waals surface area (Å²) < 4.78 is 0. The Kier molecular flexibility index (Phi) is 4.37. The number of anilines is 2. The van der Waals surface area contributed by atoms with Crippen LogP contribution >= 0.6 is 0 Å². The first-order chi connectivity index (χ1) is 8.10. The molecule has 0 amide bonds. The van der Waals surface area contributed by atoms with Crippen LogP contribution in [0.3, 0.4) is 0 Å². The van der Waals surface area contributed by atoms with Gasteiger partial charge in [0.25, 0.3) is 0 Å². The van der Waals surface area contributed by atoms with Gasteiger partial charge in [0.1, 0.15) is 6.07 Å². The van der Waals surface area contributed by atoms with Crippen molar-refractivity contribution in [3.05, 3.63) is 23.8 Å². The Morgan fingerprint density at radius 1 is 1.35 bits per heavy atom. The SMILES string of the molecule is CC(C)N(CCC#N)c1ccc(N)c(C#N)c1. The lowest BCUT2D eigenvalue weighted by molar-refractivity contribution is 0.686. The number of nitrogens with zero attached hydrogens (tertiary/aromatic N) is 3. The zero-order chi connectivity index (χ0) is 12.8. The van der Waals surface area contributed by atoms with E-state index in [4.69, 9.17) is 16.3 Å². The van der Waals surface area contributed by atoms with E-state index in [1.165, 1.54) is 0 Å². The third kappa shape index (κ3) is 3.12. The lowest BCUT2D eigenvalue weighted by atomic mass is 10.1. The molecule has 0 bridgehead atoms. The largest absolute Gasteiger partial charge is 0.398 e. The highest BCUT2D eigenvalue weighted by Gasteiger charge is 2.11. The van der Waals surface area contributed by atoms with Crippen molar-refractivity contribution in [2.24, 2.45) is 0 Å². The molecular weight excluding hydrogens is 212 g/mol. The molecule has 0 aliphatic carbocycles. The summed E-state index contributed by atoms with van der Waals surface area (Å²) >= 11 is 0. The van der Waals surface area contributed by atoms with E-state index in [0.29, 0.717) is 24.2 Å². The van der Waals surface area contributed by atoms with Crippen molar-refractivity contribution < 1.29 is 0 Å². The summed E-state index contributed by atoms with van der Waals surface area (Å²) in [6.07, 6.45) is 0.463. The van der Waals surface area contributed by atoms with Gasteiger partial charge in [-0.1, -0.05) is 0 Å². The maximum atomic E-state index is 8.94. The predicted octanol–water partition coefficient (Wildman–Crippen LogP) is 2.27. The molecule has 0 fully saturated rings. The first kappa shape index (κ1) is 12.9. The van der Waals surface area contributed by atoms with E-state index in [-0.39, 0.29) is 6.04 Å². The molecule has 0 radical (unpaired) electrons. The van der Waals surface area contributed by atoms with Crippen LogP contribution in [-0.2, 0) is 0 Å². The molecule has 4 nitrogen and oxygen atoms in total. The van der Waals surface area contributed by atoms with Crippen molar-refractivity contribution in [2.45, 2.75) is 26.3 Å². The second-order valence-electron chi connectivity index (χ2n) is 4.08. The number of rotatable bonds is 4. The van der Waals surface area contributed by atoms with E-state index >= 15 is 0 Å². The number of nitriles is 2. The average molecular weight is 228 g/mol. The molecule has 0 heterocycles. The highest BCUT2D eigenvalue weighted by atomic mass is 15.1. The van der Waals surface area contributed by atoms with Crippen LogP contribution in [0.1, 0.15) is 25.8 Å². The van der Waals surface area contributed by atoms with Gasteiger partial charge < -0.3 is 10.6 Å². The Labute approximate surface area is 102 Å². The summed E-state index contributed by atoms with van der Waals surface area (Å²) in [5.74, 6) is 0. The minimum atomic E-state index is 0.276. The van der Waals surface area contributed by atoms with Crippen molar-refractivity contribution in [3.63, 3.8) is 0 Å². The number of hydrogen-bond acceptors (Lipinski definition) is 4. The van der Waals surface area contributed by atoms with Crippen LogP contribution in [0.2, 0.25) is 0 Å². The molecule has 0 saturated heterocycles. The smallest absolute Gasteiger partial charge is 0.101 e. The molecular formula is C13H16N4. The lowest BCUT2D eigenvalue weighted by Crippen LogP contribution is -2.31. The van der Waals surface area contributed by atoms with E-state index in [2.05, 4.69) is 30.9 Å². The van der Waals surface area contributed by atoms with Gasteiger partial charge in [-0.3, -0.25) is 0 Å². The second kappa shape index (κ2) is 5.77. The van der Waals surface area contributed by atoms with Gasteiger partial charge in [-0.25, -0.2) is 0 Å². The van der Waals surface area contributed by atoms with Crippen molar-refractivity contribution in [2.75, 3.05) is 17.2 Å². The molecule has 17 heavy (non-hydrogen) atoms. The van der Waals surface area contributed by atoms with Crippen LogP contribution in [0.15, 0.2) is 18.2 Å². The first-order valence-electron chi connectivity index (χ1n) is 5.53. The van der Waals surface area contributed by atoms with Gasteiger partial charge in [0.2, 0.25) is 0 Å². The molecule has 1 aromatic rings. The average Bonchev–Trinajstić information content (AvgIpc) is 2.31. The normalized spacial score (nSPS) is 9.71. The van der Waals surface area contributed by atoms with Gasteiger partial charge in [-0.15, -0.1) is 0 Å². The lowest BCUT2D eigenvalue weighted by Gasteiger charge is -2.28. The Morgan fingerprint density at radius 2 is 2.06 bits per heavy atom. The van der Waals surface area contributed by atoms with Gasteiger partial charge in [0.15, 0.2) is 0 Å². The molecule has 0 unspecified atom stereocenters. The Morgan fingerprint density at radius 3 is 2.59 bits per heavy atom. The third-order valence-corrected chi connectivity index (χ3v) is 2.58. The minimum absolute atomic E-state index is 0.276. The van der Waals surface area contributed by atoms with Gasteiger partial charge in [0, 0.05) is 24.0 Å². The molecule has 0 saturated carbocycles. The summed E-state index contributed by atoms with van der Waals surface area (Å²) in [5, 5.41) is 17.6. The van der Waals surface area contributed by atoms with E-state index in [1.54, 1.807) is 12.1 Å². The minimum Gasteiger partial charge on any atom is -0.398 e. The van der Waals surface area contributed by atoms with Crippen molar-refractivity contribution in [1.82, 2.24) is 0 Å². The molecule has 0 aromatic heterocycles. The van der Waals surface area contributed by atoms with Gasteiger partial charge in [-0.2, -0.15) is 10.5 Å². The van der Waals surface area contributed by atoms with Crippen LogP contribution in [-0.4, -0.2) is 12.6 Å². The summed E-state index contributed by atoms with van der Waals surface area (Å²) in [5.41, 5.74) is 7.58. The molecule has 4 heteroatoms. The molecule has 2 N–H and O–H groups in total. The first-order valence-corrected chi connectivity index (χ1v) is 5.53. The molecule has 0 aliphatic rings. The molecule has 0 aliphatic heterocycles. The number of benzene rings is 1. The number of nitrogen functional groups attached to an aromatic ring is 1. The van der Waals surface area contributed by atoms with Crippen LogP contribution in [0.5, 0.6) is 0 Å². The predicted molar refractivity (Wildman–Crippen MR) is 68.3 cm³/mol. The summed E-state index contributed by atoms with van der Waals surface area (Å²) in [7, 11) is 0. The Balaban J connectivity index is 3.03. The maximum absolute atomic E-state index is 8.94. The van der Waals surface area contributed by atoms with E-state index < -0.39 is 0 Å². The van der Waals surface area contributed by atoms with Crippen LogP contribution in [0.25, 0.3) is 0 Å². The van der Waals surface area contributed by atoms with Gasteiger partial charge in [-0.05, 0) is 32.0 Å².